The number of likely N-dealkylation sites (tertiary alicyclic amines) is 1. The first-order chi connectivity index (χ1) is 23.6. The molecule has 4 amide bonds. The molecule has 8 atom stereocenters. The highest BCUT2D eigenvalue weighted by Crippen LogP contribution is 2.64. The Morgan fingerprint density at radius 2 is 1.72 bits per heavy atom. The van der Waals surface area contributed by atoms with E-state index >= 15 is 0 Å². The van der Waals surface area contributed by atoms with Crippen LogP contribution in [0.2, 0.25) is 0 Å². The van der Waals surface area contributed by atoms with Crippen LogP contribution in [0.15, 0.2) is 24.3 Å². The van der Waals surface area contributed by atoms with Crippen molar-refractivity contribution in [3.05, 3.63) is 35.4 Å². The number of fused-ring (bicyclic) bond motifs is 1. The van der Waals surface area contributed by atoms with Gasteiger partial charge in [-0.3, -0.25) is 14.5 Å². The normalized spacial score (nSPS) is 30.5. The van der Waals surface area contributed by atoms with Gasteiger partial charge in [-0.2, -0.15) is 0 Å². The predicted octanol–water partition coefficient (Wildman–Crippen LogP) is 4.82. The van der Waals surface area contributed by atoms with E-state index in [0.29, 0.717) is 31.3 Å². The average Bonchev–Trinajstić information content (AvgIpc) is 3.77. The second-order valence-electron chi connectivity index (χ2n) is 16.9. The zero-order valence-electron chi connectivity index (χ0n) is 31.0. The fraction of sp³-hybridized carbons (Fsp3) is 0.730. The molecule has 3 aliphatic carbocycles. The first-order valence-electron chi connectivity index (χ1n) is 18.5. The third kappa shape index (κ3) is 6.84. The predicted molar refractivity (Wildman–Crippen MR) is 186 cm³/mol. The summed E-state index contributed by atoms with van der Waals surface area (Å²) >= 11 is 0. The van der Waals surface area contributed by atoms with Gasteiger partial charge in [0.15, 0.2) is 0 Å². The van der Waals surface area contributed by atoms with Crippen molar-refractivity contribution in [3.8, 4) is 0 Å². The molecule has 2 bridgehead atoms. The summed E-state index contributed by atoms with van der Waals surface area (Å²) in [7, 11) is -0.618. The van der Waals surface area contributed by atoms with Gasteiger partial charge >= 0.3 is 19.3 Å². The van der Waals surface area contributed by atoms with Crippen molar-refractivity contribution in [2.24, 2.45) is 22.7 Å². The lowest BCUT2D eigenvalue weighted by Gasteiger charge is -2.63. The SMILES string of the molecule is CCC[C@H](NC(=O)[C@@H]1C[C@@H](OC(=O)N2Cc3ccccc3C2)CN1C(=O)[C@@H](NC(=O)OCC)C(C)(C)C)B1O[C@H]2[C@H]3C[C@@H](C[C@@]2(C)O1)C3(C)C. The maximum atomic E-state index is 14.3. The van der Waals surface area contributed by atoms with Crippen molar-refractivity contribution < 1.29 is 38.0 Å². The van der Waals surface area contributed by atoms with Gasteiger partial charge in [0.25, 0.3) is 0 Å². The summed E-state index contributed by atoms with van der Waals surface area (Å²) in [6.07, 6.45) is 1.60. The Hall–Kier alpha value is -3.32. The quantitative estimate of drug-likeness (QED) is 0.352. The van der Waals surface area contributed by atoms with Crippen LogP contribution >= 0.6 is 0 Å². The maximum Gasteiger partial charge on any atom is 0.481 e. The van der Waals surface area contributed by atoms with Crippen LogP contribution in [-0.2, 0) is 41.5 Å². The van der Waals surface area contributed by atoms with E-state index in [1.165, 1.54) is 4.90 Å². The number of nitrogens with zero attached hydrogens (tertiary/aromatic N) is 2. The number of amides is 4. The summed E-state index contributed by atoms with van der Waals surface area (Å²) in [5, 5.41) is 5.91. The van der Waals surface area contributed by atoms with Crippen LogP contribution in [0.5, 0.6) is 0 Å². The van der Waals surface area contributed by atoms with Crippen LogP contribution in [0.3, 0.4) is 0 Å². The molecule has 3 saturated carbocycles. The van der Waals surface area contributed by atoms with E-state index in [1.54, 1.807) is 11.8 Å². The molecule has 7 rings (SSSR count). The Bertz CT molecular complexity index is 1460. The number of rotatable bonds is 9. The summed E-state index contributed by atoms with van der Waals surface area (Å²) in [4.78, 5) is 57.7. The number of ether oxygens (including phenoxy) is 2. The largest absolute Gasteiger partial charge is 0.481 e. The van der Waals surface area contributed by atoms with E-state index in [2.05, 4.69) is 38.3 Å². The molecule has 0 spiro atoms. The topological polar surface area (TPSA) is 136 Å². The number of carbonyl (C=O) groups excluding carboxylic acids is 4. The van der Waals surface area contributed by atoms with Gasteiger partial charge in [0, 0.05) is 19.5 Å². The molecule has 1 aromatic carbocycles. The van der Waals surface area contributed by atoms with Gasteiger partial charge in [-0.1, -0.05) is 72.2 Å². The van der Waals surface area contributed by atoms with E-state index < -0.39 is 60.4 Å². The number of hydrogen-bond donors (Lipinski definition) is 2. The van der Waals surface area contributed by atoms with Crippen LogP contribution < -0.4 is 10.6 Å². The zero-order chi connectivity index (χ0) is 36.2. The molecule has 0 radical (unpaired) electrons. The molecule has 2 saturated heterocycles. The van der Waals surface area contributed by atoms with E-state index in [4.69, 9.17) is 18.8 Å². The fourth-order valence-corrected chi connectivity index (χ4v) is 8.94. The number of nitrogens with one attached hydrogen (secondary N) is 2. The van der Waals surface area contributed by atoms with E-state index in [1.807, 2.05) is 45.0 Å². The van der Waals surface area contributed by atoms with Crippen LogP contribution in [0.1, 0.15) is 98.6 Å². The van der Waals surface area contributed by atoms with Crippen molar-refractivity contribution in [1.29, 1.82) is 0 Å². The first kappa shape index (κ1) is 36.5. The molecule has 1 aromatic rings. The molecule has 274 valence electrons. The summed E-state index contributed by atoms with van der Waals surface area (Å²) in [5.41, 5.74) is 1.21. The minimum Gasteiger partial charge on any atom is -0.450 e. The van der Waals surface area contributed by atoms with Crippen molar-refractivity contribution in [2.45, 2.75) is 136 Å². The van der Waals surface area contributed by atoms with Gasteiger partial charge in [-0.25, -0.2) is 9.59 Å². The summed E-state index contributed by atoms with van der Waals surface area (Å²) in [6.45, 7) is 17.0. The monoisotopic (exact) mass is 694 g/mol. The average molecular weight is 695 g/mol. The second-order valence-corrected chi connectivity index (χ2v) is 16.9. The lowest BCUT2D eigenvalue weighted by Crippen LogP contribution is -2.63. The molecular formula is C37H55BN4O8. The lowest BCUT2D eigenvalue weighted by atomic mass is 9.45. The Labute approximate surface area is 296 Å². The summed E-state index contributed by atoms with van der Waals surface area (Å²) < 4.78 is 24.4. The van der Waals surface area contributed by atoms with Gasteiger partial charge in [-0.05, 0) is 66.9 Å². The molecule has 2 N–H and O–H groups in total. The fourth-order valence-electron chi connectivity index (χ4n) is 8.94. The molecule has 12 nitrogen and oxygen atoms in total. The highest BCUT2D eigenvalue weighted by molar-refractivity contribution is 6.47. The van der Waals surface area contributed by atoms with Gasteiger partial charge < -0.3 is 34.3 Å². The first-order valence-corrected chi connectivity index (χ1v) is 18.5. The maximum absolute atomic E-state index is 14.3. The van der Waals surface area contributed by atoms with E-state index in [0.717, 1.165) is 30.4 Å². The number of alkyl carbamates (subject to hydrolysis) is 1. The molecule has 3 heterocycles. The van der Waals surface area contributed by atoms with Crippen LogP contribution in [0, 0.1) is 22.7 Å². The van der Waals surface area contributed by atoms with Gasteiger partial charge in [0.1, 0.15) is 18.2 Å². The van der Waals surface area contributed by atoms with E-state index in [-0.39, 0.29) is 37.0 Å². The standard InChI is InChI=1S/C37H55BN4O8/c1-9-13-28(38-49-30-26-16-24(36(26,6)7)18-37(30,8)50-38)39-31(43)27-17-25(48-34(46)41-19-22-14-11-12-15-23(22)20-41)21-42(27)32(44)29(35(3,4)5)40-33(45)47-10-2/h11-12,14-15,24-30H,9-10,13,16-21H2,1-8H3,(H,39,43)(H,40,45)/t24-,25+,26+,27-,28-,29+,30-,37+/m0/s1. The minimum absolute atomic E-state index is 0.00764. The molecule has 0 unspecified atom stereocenters. The van der Waals surface area contributed by atoms with Crippen LogP contribution in [-0.4, -0.2) is 89.9 Å². The smallest absolute Gasteiger partial charge is 0.450 e. The Balaban J connectivity index is 1.20. The third-order valence-corrected chi connectivity index (χ3v) is 12.0. The minimum atomic E-state index is -0.995. The van der Waals surface area contributed by atoms with Crippen molar-refractivity contribution >= 4 is 31.1 Å². The molecule has 50 heavy (non-hydrogen) atoms. The van der Waals surface area contributed by atoms with Gasteiger partial charge in [0.2, 0.25) is 11.8 Å². The highest BCUT2D eigenvalue weighted by Gasteiger charge is 2.67. The zero-order valence-corrected chi connectivity index (χ0v) is 31.0. The van der Waals surface area contributed by atoms with Gasteiger partial charge in [0.05, 0.1) is 30.8 Å². The third-order valence-electron chi connectivity index (χ3n) is 12.0. The van der Waals surface area contributed by atoms with Crippen molar-refractivity contribution in [2.75, 3.05) is 13.2 Å². The summed E-state index contributed by atoms with van der Waals surface area (Å²) in [6, 6.07) is 5.93. The van der Waals surface area contributed by atoms with Crippen molar-refractivity contribution in [1.82, 2.24) is 20.4 Å². The molecule has 3 aliphatic heterocycles. The number of benzene rings is 1. The highest BCUT2D eigenvalue weighted by atomic mass is 16.7. The molecule has 13 heteroatoms. The molecule has 0 aromatic heterocycles. The second kappa shape index (κ2) is 13.7. The van der Waals surface area contributed by atoms with Crippen LogP contribution in [0.4, 0.5) is 9.59 Å². The van der Waals surface area contributed by atoms with E-state index in [9.17, 15) is 19.2 Å². The number of hydrogen-bond acceptors (Lipinski definition) is 8. The Kier molecular flexibility index (Phi) is 9.97. The Morgan fingerprint density at radius 3 is 2.32 bits per heavy atom. The van der Waals surface area contributed by atoms with Gasteiger partial charge in [-0.15, -0.1) is 0 Å². The molecular weight excluding hydrogens is 639 g/mol. The number of carbonyl (C=O) groups is 4. The van der Waals surface area contributed by atoms with Crippen LogP contribution in [0.25, 0.3) is 0 Å². The molecule has 6 aliphatic rings. The molecule has 5 fully saturated rings. The van der Waals surface area contributed by atoms with Crippen molar-refractivity contribution in [3.63, 3.8) is 0 Å². The summed E-state index contributed by atoms with van der Waals surface area (Å²) in [5.74, 6) is -0.268. The lowest BCUT2D eigenvalue weighted by molar-refractivity contribution is -0.185. The Morgan fingerprint density at radius 1 is 1.04 bits per heavy atom.